The minimum atomic E-state index is -0.307. The van der Waals surface area contributed by atoms with E-state index in [1.807, 2.05) is 43.3 Å². The number of rotatable bonds is 3. The van der Waals surface area contributed by atoms with Crippen molar-refractivity contribution in [1.82, 2.24) is 0 Å². The molecular weight excluding hydrogens is 324 g/mol. The smallest absolute Gasteiger partial charge is 0.270 e. The summed E-state index contributed by atoms with van der Waals surface area (Å²) in [5, 5.41) is 15.0. The lowest BCUT2D eigenvalue weighted by molar-refractivity contribution is -0.385. The van der Waals surface area contributed by atoms with E-state index in [1.54, 1.807) is 12.1 Å². The van der Waals surface area contributed by atoms with Crippen molar-refractivity contribution < 1.29 is 4.92 Å². The average molecular weight is 344 g/mol. The second-order valence-electron chi connectivity index (χ2n) is 6.79. The van der Waals surface area contributed by atoms with E-state index in [0.717, 1.165) is 23.2 Å². The number of hydrogen-bond donors (Lipinski definition) is 1. The Labute approximate surface area is 152 Å². The lowest BCUT2D eigenvalue weighted by Crippen LogP contribution is -2.23. The summed E-state index contributed by atoms with van der Waals surface area (Å²) in [5.41, 5.74) is 5.52. The first kappa shape index (κ1) is 16.3. The number of fused-ring (bicyclic) bond motifs is 1. The Balaban J connectivity index is 1.86. The van der Waals surface area contributed by atoms with Crippen LogP contribution in [0.15, 0.2) is 72.8 Å². The fourth-order valence-electron chi connectivity index (χ4n) is 3.87. The van der Waals surface area contributed by atoms with Crippen molar-refractivity contribution in [1.29, 1.82) is 0 Å². The third kappa shape index (κ3) is 2.94. The van der Waals surface area contributed by atoms with E-state index < -0.39 is 0 Å². The van der Waals surface area contributed by atoms with Gasteiger partial charge in [-0.25, -0.2) is 0 Å². The largest absolute Gasteiger partial charge is 0.378 e. The molecule has 1 N–H and O–H groups in total. The van der Waals surface area contributed by atoms with Crippen LogP contribution in [-0.2, 0) is 0 Å². The molecule has 26 heavy (non-hydrogen) atoms. The van der Waals surface area contributed by atoms with Gasteiger partial charge >= 0.3 is 0 Å². The molecule has 3 aromatic rings. The van der Waals surface area contributed by atoms with Crippen LogP contribution < -0.4 is 5.32 Å². The van der Waals surface area contributed by atoms with Crippen LogP contribution in [0.4, 0.5) is 11.4 Å². The molecule has 2 atom stereocenters. The quantitative estimate of drug-likeness (QED) is 0.497. The minimum absolute atomic E-state index is 0.122. The minimum Gasteiger partial charge on any atom is -0.378 e. The first-order valence-electron chi connectivity index (χ1n) is 8.79. The molecule has 4 nitrogen and oxygen atoms in total. The van der Waals surface area contributed by atoms with Crippen molar-refractivity contribution in [2.45, 2.75) is 25.3 Å². The van der Waals surface area contributed by atoms with Gasteiger partial charge < -0.3 is 5.32 Å². The molecule has 130 valence electrons. The number of non-ortho nitro benzene ring substituents is 1. The molecule has 0 aliphatic carbocycles. The van der Waals surface area contributed by atoms with Gasteiger partial charge in [-0.3, -0.25) is 10.1 Å². The number of nitrogens with one attached hydrogen (secondary N) is 1. The number of nitro benzene ring substituents is 1. The average Bonchev–Trinajstić information content (AvgIpc) is 2.68. The Bertz CT molecular complexity index is 939. The van der Waals surface area contributed by atoms with Crippen molar-refractivity contribution in [3.8, 4) is 0 Å². The van der Waals surface area contributed by atoms with Crippen molar-refractivity contribution in [2.75, 3.05) is 5.32 Å². The molecule has 3 aromatic carbocycles. The summed E-state index contributed by atoms with van der Waals surface area (Å²) >= 11 is 0. The van der Waals surface area contributed by atoms with Crippen LogP contribution in [0.25, 0.3) is 0 Å². The van der Waals surface area contributed by atoms with Crippen LogP contribution in [0.5, 0.6) is 0 Å². The SMILES string of the molecule is Cc1cc([N+](=O)[O-])cc2c1NC(c1ccccc1)CC2c1ccccc1. The molecule has 4 rings (SSSR count). The van der Waals surface area contributed by atoms with Crippen LogP contribution >= 0.6 is 0 Å². The normalized spacial score (nSPS) is 18.7. The summed E-state index contributed by atoms with van der Waals surface area (Å²) in [6.07, 6.45) is 0.863. The van der Waals surface area contributed by atoms with Gasteiger partial charge in [0.2, 0.25) is 0 Å². The molecule has 0 amide bonds. The number of nitrogens with zero attached hydrogens (tertiary/aromatic N) is 1. The summed E-state index contributed by atoms with van der Waals surface area (Å²) in [7, 11) is 0. The summed E-state index contributed by atoms with van der Waals surface area (Å²) in [6, 6.07) is 24.2. The van der Waals surface area contributed by atoms with E-state index in [1.165, 1.54) is 11.1 Å². The molecule has 1 heterocycles. The summed E-state index contributed by atoms with van der Waals surface area (Å²) < 4.78 is 0. The molecule has 0 spiro atoms. The standard InChI is InChI=1S/C22H20N2O2/c1-15-12-18(24(25)26)13-20-19(16-8-4-2-5-9-16)14-21(23-22(15)20)17-10-6-3-7-11-17/h2-13,19,21,23H,14H2,1H3. The maximum atomic E-state index is 11.4. The highest BCUT2D eigenvalue weighted by atomic mass is 16.6. The molecule has 1 aliphatic rings. The van der Waals surface area contributed by atoms with E-state index in [4.69, 9.17) is 0 Å². The number of benzene rings is 3. The monoisotopic (exact) mass is 344 g/mol. The second kappa shape index (κ2) is 6.64. The fourth-order valence-corrected chi connectivity index (χ4v) is 3.87. The van der Waals surface area contributed by atoms with Gasteiger partial charge in [0, 0.05) is 23.7 Å². The van der Waals surface area contributed by atoms with Crippen molar-refractivity contribution in [3.05, 3.63) is 105 Å². The Morgan fingerprint density at radius 2 is 1.58 bits per heavy atom. The second-order valence-corrected chi connectivity index (χ2v) is 6.79. The zero-order chi connectivity index (χ0) is 18.1. The number of anilines is 1. The first-order valence-corrected chi connectivity index (χ1v) is 8.79. The molecule has 2 unspecified atom stereocenters. The van der Waals surface area contributed by atoms with Crippen molar-refractivity contribution >= 4 is 11.4 Å². The van der Waals surface area contributed by atoms with Crippen LogP contribution in [0, 0.1) is 17.0 Å². The van der Waals surface area contributed by atoms with Gasteiger partial charge in [-0.1, -0.05) is 60.7 Å². The molecule has 0 aromatic heterocycles. The van der Waals surface area contributed by atoms with Crippen LogP contribution in [0.2, 0.25) is 0 Å². The van der Waals surface area contributed by atoms with Gasteiger partial charge in [0.05, 0.1) is 11.0 Å². The van der Waals surface area contributed by atoms with Gasteiger partial charge in [0.15, 0.2) is 0 Å². The van der Waals surface area contributed by atoms with Crippen LogP contribution in [0.1, 0.15) is 40.6 Å². The molecule has 0 bridgehead atoms. The van der Waals surface area contributed by atoms with Gasteiger partial charge in [0.1, 0.15) is 0 Å². The highest BCUT2D eigenvalue weighted by Crippen LogP contribution is 2.46. The Kier molecular flexibility index (Phi) is 4.17. The lowest BCUT2D eigenvalue weighted by Gasteiger charge is -2.35. The number of hydrogen-bond acceptors (Lipinski definition) is 3. The van der Waals surface area contributed by atoms with Crippen LogP contribution in [-0.4, -0.2) is 4.92 Å². The van der Waals surface area contributed by atoms with Crippen LogP contribution in [0.3, 0.4) is 0 Å². The molecule has 0 saturated heterocycles. The summed E-state index contributed by atoms with van der Waals surface area (Å²) in [5.74, 6) is 0.122. The zero-order valence-electron chi connectivity index (χ0n) is 14.6. The predicted octanol–water partition coefficient (Wildman–Crippen LogP) is 5.59. The lowest BCUT2D eigenvalue weighted by atomic mass is 9.79. The fraction of sp³-hybridized carbons (Fsp3) is 0.182. The predicted molar refractivity (Wildman–Crippen MR) is 104 cm³/mol. The maximum absolute atomic E-state index is 11.4. The molecule has 4 heteroatoms. The van der Waals surface area contributed by atoms with Gasteiger partial charge in [-0.2, -0.15) is 0 Å². The van der Waals surface area contributed by atoms with E-state index in [-0.39, 0.29) is 22.6 Å². The van der Waals surface area contributed by atoms with Gasteiger partial charge in [0.25, 0.3) is 5.69 Å². The summed E-state index contributed by atoms with van der Waals surface area (Å²) in [6.45, 7) is 1.94. The van der Waals surface area contributed by atoms with Crippen molar-refractivity contribution in [3.63, 3.8) is 0 Å². The number of aryl methyl sites for hydroxylation is 1. The number of nitro groups is 1. The van der Waals surface area contributed by atoms with Gasteiger partial charge in [-0.15, -0.1) is 0 Å². The maximum Gasteiger partial charge on any atom is 0.270 e. The topological polar surface area (TPSA) is 55.2 Å². The highest BCUT2D eigenvalue weighted by Gasteiger charge is 2.31. The third-order valence-electron chi connectivity index (χ3n) is 5.13. The van der Waals surface area contributed by atoms with Crippen molar-refractivity contribution in [2.24, 2.45) is 0 Å². The van der Waals surface area contributed by atoms with E-state index >= 15 is 0 Å². The summed E-state index contributed by atoms with van der Waals surface area (Å²) in [4.78, 5) is 11.0. The molecule has 0 radical (unpaired) electrons. The van der Waals surface area contributed by atoms with E-state index in [0.29, 0.717) is 0 Å². The third-order valence-corrected chi connectivity index (χ3v) is 5.13. The molecule has 0 saturated carbocycles. The Hall–Kier alpha value is -3.14. The molecule has 0 fully saturated rings. The highest BCUT2D eigenvalue weighted by molar-refractivity contribution is 5.67. The molecule has 1 aliphatic heterocycles. The Morgan fingerprint density at radius 3 is 2.19 bits per heavy atom. The Morgan fingerprint density at radius 1 is 0.962 bits per heavy atom. The first-order chi connectivity index (χ1) is 12.6. The van der Waals surface area contributed by atoms with Gasteiger partial charge in [-0.05, 0) is 35.6 Å². The van der Waals surface area contributed by atoms with E-state index in [9.17, 15) is 10.1 Å². The molecular formula is C22H20N2O2. The zero-order valence-corrected chi connectivity index (χ0v) is 14.6. The van der Waals surface area contributed by atoms with E-state index in [2.05, 4.69) is 29.6 Å².